The number of unbranched alkanes of at least 4 members (excludes halogenated alkanes) is 26. The van der Waals surface area contributed by atoms with Crippen molar-refractivity contribution < 1.29 is 37.3 Å². The van der Waals surface area contributed by atoms with Crippen LogP contribution in [0.5, 0.6) is 0 Å². The topological polar surface area (TPSA) is 114 Å². The maximum absolute atomic E-state index is 13.5. The Balaban J connectivity index is 5.26. The molecule has 0 saturated carbocycles. The third kappa shape index (κ3) is 55.7. The first-order valence-electron chi connectivity index (χ1n) is 31.1. The summed E-state index contributed by atoms with van der Waals surface area (Å²) >= 11 is 0. The van der Waals surface area contributed by atoms with Gasteiger partial charge in [-0.1, -0.05) is 240 Å². The standard InChI is InChI=1S/C66H117N2O7P/c1-7-10-13-16-19-22-25-28-30-31-32-33-34-35-36-37-39-41-44-47-50-53-56-59-66(70)75-64(57-54-51-48-45-42-27-24-21-18-15-12-9-3)63(62-74-76(71,72)73-61-60-68(4,5)6)67-65(69)58-55-52-49-46-43-40-38-29-26-23-20-17-14-11-8-2/h10,13,19-20,22-23,26,28-30,32-33,35-36,54,57,63-64H,7-9,11-12,14-18,21,24-25,27,31,34,37-53,55-56,58-62H2,1-6H3,(H-,67,69,71,72)/b13-10-,22-19-,23-20+,29-26+,30-28-,33-32-,36-35-,57-54-. The lowest BCUT2D eigenvalue weighted by atomic mass is 10.0. The number of ether oxygens (including phenoxy) is 1. The first-order valence-corrected chi connectivity index (χ1v) is 32.5. The number of phosphoric ester groups is 1. The second-order valence-electron chi connectivity index (χ2n) is 21.9. The molecule has 0 heterocycles. The van der Waals surface area contributed by atoms with E-state index in [0.29, 0.717) is 23.9 Å². The van der Waals surface area contributed by atoms with Crippen LogP contribution in [0.1, 0.15) is 258 Å². The Morgan fingerprint density at radius 2 is 0.882 bits per heavy atom. The number of rotatable bonds is 55. The van der Waals surface area contributed by atoms with Crippen LogP contribution in [0.3, 0.4) is 0 Å². The Kier molecular flexibility index (Phi) is 53.0. The highest BCUT2D eigenvalue weighted by atomic mass is 31.2. The summed E-state index contributed by atoms with van der Waals surface area (Å²) < 4.78 is 30.3. The quantitative estimate of drug-likeness (QED) is 0.0161. The van der Waals surface area contributed by atoms with Crippen LogP contribution in [0.4, 0.5) is 0 Å². The third-order valence-electron chi connectivity index (χ3n) is 13.3. The normalized spacial score (nSPS) is 14.4. The van der Waals surface area contributed by atoms with Crippen LogP contribution in [0.25, 0.3) is 0 Å². The SMILES string of the molecule is CC/C=C\C/C=C\C/C=C\C/C=C\C/C=C\CCCCCCCCCC(=O)OC(/C=C\CCCCCCCCCCCC)C(COP(=O)([O-])OCC[N+](C)(C)C)NC(=O)CCCCCCCC/C=C/C=C/CCCCC. The number of nitrogens with zero attached hydrogens (tertiary/aromatic N) is 1. The molecule has 0 fully saturated rings. The number of esters is 1. The molecular formula is C66H117N2O7P. The zero-order chi connectivity index (χ0) is 55.7. The maximum atomic E-state index is 13.5. The van der Waals surface area contributed by atoms with E-state index >= 15 is 0 Å². The number of hydrogen-bond acceptors (Lipinski definition) is 7. The Bertz CT molecular complexity index is 1620. The van der Waals surface area contributed by atoms with Crippen molar-refractivity contribution in [2.45, 2.75) is 270 Å². The monoisotopic (exact) mass is 1080 g/mol. The van der Waals surface area contributed by atoms with Gasteiger partial charge in [-0.2, -0.15) is 0 Å². The first kappa shape index (κ1) is 72.9. The van der Waals surface area contributed by atoms with Crippen LogP contribution in [-0.4, -0.2) is 69.4 Å². The molecule has 0 bridgehead atoms. The van der Waals surface area contributed by atoms with E-state index in [2.05, 4.69) is 111 Å². The maximum Gasteiger partial charge on any atom is 0.306 e. The van der Waals surface area contributed by atoms with Gasteiger partial charge in [0.1, 0.15) is 19.3 Å². The molecule has 76 heavy (non-hydrogen) atoms. The highest BCUT2D eigenvalue weighted by Crippen LogP contribution is 2.38. The number of phosphoric acid groups is 1. The minimum atomic E-state index is -4.71. The van der Waals surface area contributed by atoms with E-state index in [1.807, 2.05) is 33.3 Å². The van der Waals surface area contributed by atoms with Gasteiger partial charge >= 0.3 is 5.97 Å². The summed E-state index contributed by atoms with van der Waals surface area (Å²) in [5, 5.41) is 3.02. The second-order valence-corrected chi connectivity index (χ2v) is 23.3. The van der Waals surface area contributed by atoms with Crippen LogP contribution in [-0.2, 0) is 27.9 Å². The summed E-state index contributed by atoms with van der Waals surface area (Å²) in [6.07, 6.45) is 73.7. The molecule has 3 atom stereocenters. The van der Waals surface area contributed by atoms with Crippen molar-refractivity contribution in [1.29, 1.82) is 0 Å². The molecule has 438 valence electrons. The summed E-state index contributed by atoms with van der Waals surface area (Å²) in [6.45, 7) is 6.68. The van der Waals surface area contributed by atoms with Crippen molar-refractivity contribution >= 4 is 19.7 Å². The zero-order valence-electron chi connectivity index (χ0n) is 49.9. The molecule has 0 radical (unpaired) electrons. The minimum absolute atomic E-state index is 0.0309. The average molecular weight is 1080 g/mol. The van der Waals surface area contributed by atoms with Crippen LogP contribution in [0.15, 0.2) is 97.2 Å². The molecule has 10 heteroatoms. The van der Waals surface area contributed by atoms with Crippen LogP contribution in [0, 0.1) is 0 Å². The van der Waals surface area contributed by atoms with Crippen molar-refractivity contribution in [2.75, 3.05) is 40.9 Å². The fraction of sp³-hybridized carbons (Fsp3) is 0.727. The number of allylic oxidation sites excluding steroid dienone is 15. The number of amides is 1. The number of quaternary nitrogens is 1. The van der Waals surface area contributed by atoms with Gasteiger partial charge < -0.3 is 28.5 Å². The van der Waals surface area contributed by atoms with E-state index in [9.17, 15) is 19.0 Å². The Hall–Kier alpha value is -3.07. The van der Waals surface area contributed by atoms with Crippen LogP contribution in [0.2, 0.25) is 0 Å². The van der Waals surface area contributed by atoms with Gasteiger partial charge in [-0.15, -0.1) is 0 Å². The average Bonchev–Trinajstić information content (AvgIpc) is 3.38. The van der Waals surface area contributed by atoms with Crippen molar-refractivity contribution in [1.82, 2.24) is 5.32 Å². The molecule has 1 N–H and O–H groups in total. The van der Waals surface area contributed by atoms with E-state index < -0.39 is 26.6 Å². The third-order valence-corrected chi connectivity index (χ3v) is 14.2. The van der Waals surface area contributed by atoms with Crippen molar-refractivity contribution in [3.8, 4) is 0 Å². The summed E-state index contributed by atoms with van der Waals surface area (Å²) in [4.78, 5) is 40.0. The van der Waals surface area contributed by atoms with E-state index in [1.54, 1.807) is 0 Å². The minimum Gasteiger partial charge on any atom is -0.756 e. The van der Waals surface area contributed by atoms with Gasteiger partial charge in [0.2, 0.25) is 5.91 Å². The summed E-state index contributed by atoms with van der Waals surface area (Å²) in [5.74, 6) is -0.570. The van der Waals surface area contributed by atoms with Crippen molar-refractivity contribution in [3.63, 3.8) is 0 Å². The van der Waals surface area contributed by atoms with Gasteiger partial charge in [0, 0.05) is 12.8 Å². The van der Waals surface area contributed by atoms with Gasteiger partial charge in [-0.3, -0.25) is 14.2 Å². The molecule has 0 aromatic carbocycles. The number of carbonyl (C=O) groups excluding carboxylic acids is 2. The van der Waals surface area contributed by atoms with Gasteiger partial charge in [0.15, 0.2) is 0 Å². The predicted molar refractivity (Wildman–Crippen MR) is 325 cm³/mol. The Morgan fingerprint density at radius 3 is 1.37 bits per heavy atom. The number of nitrogens with one attached hydrogen (secondary N) is 1. The molecule has 0 aliphatic carbocycles. The molecule has 0 rings (SSSR count). The van der Waals surface area contributed by atoms with Gasteiger partial charge in [0.05, 0.1) is 33.8 Å². The molecule has 0 spiro atoms. The molecule has 0 aromatic heterocycles. The van der Waals surface area contributed by atoms with E-state index in [4.69, 9.17) is 13.8 Å². The molecule has 3 unspecified atom stereocenters. The highest BCUT2D eigenvalue weighted by molar-refractivity contribution is 7.45. The van der Waals surface area contributed by atoms with Crippen molar-refractivity contribution in [2.24, 2.45) is 0 Å². The van der Waals surface area contributed by atoms with Crippen molar-refractivity contribution in [3.05, 3.63) is 97.2 Å². The summed E-state index contributed by atoms with van der Waals surface area (Å²) in [7, 11) is 1.16. The molecular weight excluding hydrogens is 964 g/mol. The van der Waals surface area contributed by atoms with Gasteiger partial charge in [-0.25, -0.2) is 0 Å². The Morgan fingerprint density at radius 1 is 0.487 bits per heavy atom. The van der Waals surface area contributed by atoms with E-state index in [0.717, 1.165) is 128 Å². The summed E-state index contributed by atoms with van der Waals surface area (Å²) in [5.41, 5.74) is 0. The molecule has 9 nitrogen and oxygen atoms in total. The molecule has 0 aliphatic rings. The second kappa shape index (κ2) is 55.3. The summed E-state index contributed by atoms with van der Waals surface area (Å²) in [6, 6.07) is -0.904. The number of hydrogen-bond donors (Lipinski definition) is 1. The molecule has 0 saturated heterocycles. The molecule has 0 aromatic rings. The highest BCUT2D eigenvalue weighted by Gasteiger charge is 2.27. The zero-order valence-corrected chi connectivity index (χ0v) is 50.8. The van der Waals surface area contributed by atoms with Crippen LogP contribution < -0.4 is 10.2 Å². The van der Waals surface area contributed by atoms with Gasteiger partial charge in [-0.05, 0) is 102 Å². The van der Waals surface area contributed by atoms with E-state index in [1.165, 1.54) is 89.9 Å². The largest absolute Gasteiger partial charge is 0.756 e. The van der Waals surface area contributed by atoms with Crippen LogP contribution >= 0.6 is 7.82 Å². The Labute approximate surface area is 468 Å². The number of likely N-dealkylation sites (N-methyl/N-ethyl adjacent to an activating group) is 1. The molecule has 0 aliphatic heterocycles. The lowest BCUT2D eigenvalue weighted by molar-refractivity contribution is -0.870. The predicted octanol–water partition coefficient (Wildman–Crippen LogP) is 18.5. The van der Waals surface area contributed by atoms with Gasteiger partial charge in [0.25, 0.3) is 7.82 Å². The fourth-order valence-electron chi connectivity index (χ4n) is 8.48. The lowest BCUT2D eigenvalue weighted by Crippen LogP contribution is -2.47. The first-order chi connectivity index (χ1) is 36.9. The fourth-order valence-corrected chi connectivity index (χ4v) is 9.20. The smallest absolute Gasteiger partial charge is 0.306 e. The van der Waals surface area contributed by atoms with E-state index in [-0.39, 0.29) is 24.9 Å². The molecule has 1 amide bonds. The lowest BCUT2D eigenvalue weighted by Gasteiger charge is -2.30. The number of carbonyl (C=O) groups is 2.